The van der Waals surface area contributed by atoms with Gasteiger partial charge < -0.3 is 5.32 Å². The molecule has 1 heterocycles. The SMILES string of the molecule is Cc1cnc(C)c(NCc2cccc(CCl)c2)n1. The number of benzene rings is 1. The molecule has 1 N–H and O–H groups in total. The number of rotatable bonds is 4. The molecule has 18 heavy (non-hydrogen) atoms. The van der Waals surface area contributed by atoms with E-state index in [2.05, 4.69) is 27.4 Å². The lowest BCUT2D eigenvalue weighted by Gasteiger charge is -2.09. The van der Waals surface area contributed by atoms with Crippen LogP contribution in [0.1, 0.15) is 22.5 Å². The summed E-state index contributed by atoms with van der Waals surface area (Å²) in [6.07, 6.45) is 1.77. The largest absolute Gasteiger partial charge is 0.364 e. The van der Waals surface area contributed by atoms with Crippen LogP contribution in [0.5, 0.6) is 0 Å². The molecule has 0 aliphatic rings. The molecule has 0 fully saturated rings. The molecular weight excluding hydrogens is 246 g/mol. The Morgan fingerprint density at radius 2 is 2.00 bits per heavy atom. The molecule has 0 unspecified atom stereocenters. The van der Waals surface area contributed by atoms with Gasteiger partial charge in [-0.15, -0.1) is 11.6 Å². The van der Waals surface area contributed by atoms with E-state index in [4.69, 9.17) is 11.6 Å². The van der Waals surface area contributed by atoms with Crippen molar-refractivity contribution >= 4 is 17.4 Å². The zero-order valence-corrected chi connectivity index (χ0v) is 11.3. The van der Waals surface area contributed by atoms with Gasteiger partial charge in [0.1, 0.15) is 5.82 Å². The molecule has 0 aliphatic heterocycles. The number of nitrogens with one attached hydrogen (secondary N) is 1. The number of nitrogens with zero attached hydrogens (tertiary/aromatic N) is 2. The zero-order chi connectivity index (χ0) is 13.0. The Labute approximate surface area is 112 Å². The van der Waals surface area contributed by atoms with Gasteiger partial charge in [0, 0.05) is 18.6 Å². The van der Waals surface area contributed by atoms with Crippen molar-refractivity contribution in [3.8, 4) is 0 Å². The topological polar surface area (TPSA) is 37.8 Å². The summed E-state index contributed by atoms with van der Waals surface area (Å²) in [5.41, 5.74) is 4.14. The number of aromatic nitrogens is 2. The first-order chi connectivity index (χ1) is 8.69. The van der Waals surface area contributed by atoms with Gasteiger partial charge in [-0.2, -0.15) is 0 Å². The van der Waals surface area contributed by atoms with Crippen LogP contribution in [0, 0.1) is 13.8 Å². The minimum absolute atomic E-state index is 0.539. The molecule has 2 aromatic rings. The highest BCUT2D eigenvalue weighted by Crippen LogP contribution is 2.12. The molecule has 3 nitrogen and oxygen atoms in total. The van der Waals surface area contributed by atoms with Gasteiger partial charge in [0.25, 0.3) is 0 Å². The number of anilines is 1. The van der Waals surface area contributed by atoms with Crippen molar-refractivity contribution in [2.45, 2.75) is 26.3 Å². The van der Waals surface area contributed by atoms with Crippen LogP contribution < -0.4 is 5.32 Å². The summed E-state index contributed by atoms with van der Waals surface area (Å²) in [7, 11) is 0. The smallest absolute Gasteiger partial charge is 0.148 e. The Hall–Kier alpha value is -1.61. The standard InChI is InChI=1S/C14H16ClN3/c1-10-8-16-11(2)14(18-10)17-9-13-5-3-4-12(6-13)7-15/h3-6,8H,7,9H2,1-2H3,(H,17,18). The van der Waals surface area contributed by atoms with Gasteiger partial charge in [-0.1, -0.05) is 24.3 Å². The molecule has 0 amide bonds. The van der Waals surface area contributed by atoms with Crippen LogP contribution in [-0.2, 0) is 12.4 Å². The molecule has 0 radical (unpaired) electrons. The zero-order valence-electron chi connectivity index (χ0n) is 10.6. The molecule has 0 bridgehead atoms. The van der Waals surface area contributed by atoms with Gasteiger partial charge in [-0.05, 0) is 25.0 Å². The average Bonchev–Trinajstić information content (AvgIpc) is 2.40. The van der Waals surface area contributed by atoms with E-state index < -0.39 is 0 Å². The number of aryl methyl sites for hydroxylation is 2. The quantitative estimate of drug-likeness (QED) is 0.857. The maximum atomic E-state index is 5.82. The monoisotopic (exact) mass is 261 g/mol. The van der Waals surface area contributed by atoms with E-state index in [1.807, 2.05) is 26.0 Å². The number of alkyl halides is 1. The summed E-state index contributed by atoms with van der Waals surface area (Å²) >= 11 is 5.82. The van der Waals surface area contributed by atoms with Crippen molar-refractivity contribution in [3.05, 3.63) is 53.0 Å². The van der Waals surface area contributed by atoms with Gasteiger partial charge in [0.2, 0.25) is 0 Å². The van der Waals surface area contributed by atoms with Crippen LogP contribution in [0.4, 0.5) is 5.82 Å². The molecule has 0 atom stereocenters. The molecular formula is C14H16ClN3. The highest BCUT2D eigenvalue weighted by molar-refractivity contribution is 6.17. The van der Waals surface area contributed by atoms with Crippen LogP contribution >= 0.6 is 11.6 Å². The second-order valence-electron chi connectivity index (χ2n) is 4.25. The fraction of sp³-hybridized carbons (Fsp3) is 0.286. The first-order valence-corrected chi connectivity index (χ1v) is 6.40. The molecule has 2 rings (SSSR count). The predicted octanol–water partition coefficient (Wildman–Crippen LogP) is 3.44. The van der Waals surface area contributed by atoms with Gasteiger partial charge in [0.15, 0.2) is 0 Å². The normalized spacial score (nSPS) is 10.4. The van der Waals surface area contributed by atoms with E-state index in [9.17, 15) is 0 Å². The first kappa shape index (κ1) is 12.8. The summed E-state index contributed by atoms with van der Waals surface area (Å²) < 4.78 is 0. The van der Waals surface area contributed by atoms with Crippen LogP contribution in [0.25, 0.3) is 0 Å². The minimum atomic E-state index is 0.539. The molecule has 0 spiro atoms. The Balaban J connectivity index is 2.08. The lowest BCUT2D eigenvalue weighted by atomic mass is 10.1. The fourth-order valence-electron chi connectivity index (χ4n) is 1.71. The summed E-state index contributed by atoms with van der Waals surface area (Å²) in [6, 6.07) is 8.21. The summed E-state index contributed by atoms with van der Waals surface area (Å²) in [6.45, 7) is 4.61. The Bertz CT molecular complexity index is 540. The van der Waals surface area contributed by atoms with Gasteiger partial charge >= 0.3 is 0 Å². The lowest BCUT2D eigenvalue weighted by molar-refractivity contribution is 1.02. The Kier molecular flexibility index (Phi) is 4.15. The Morgan fingerprint density at radius 1 is 1.22 bits per heavy atom. The number of hydrogen-bond acceptors (Lipinski definition) is 3. The average molecular weight is 262 g/mol. The van der Waals surface area contributed by atoms with Gasteiger partial charge in [-0.3, -0.25) is 4.98 Å². The molecule has 1 aromatic heterocycles. The van der Waals surface area contributed by atoms with Gasteiger partial charge in [-0.25, -0.2) is 4.98 Å². The van der Waals surface area contributed by atoms with Crippen LogP contribution in [-0.4, -0.2) is 9.97 Å². The third-order valence-electron chi connectivity index (χ3n) is 2.68. The maximum absolute atomic E-state index is 5.82. The van der Waals surface area contributed by atoms with E-state index in [-0.39, 0.29) is 0 Å². The van der Waals surface area contributed by atoms with E-state index in [0.29, 0.717) is 5.88 Å². The van der Waals surface area contributed by atoms with Gasteiger partial charge in [0.05, 0.1) is 11.4 Å². The van der Waals surface area contributed by atoms with Crippen LogP contribution in [0.15, 0.2) is 30.5 Å². The number of hydrogen-bond donors (Lipinski definition) is 1. The third-order valence-corrected chi connectivity index (χ3v) is 2.99. The molecule has 0 saturated heterocycles. The fourth-order valence-corrected chi connectivity index (χ4v) is 1.88. The second kappa shape index (κ2) is 5.83. The predicted molar refractivity (Wildman–Crippen MR) is 74.8 cm³/mol. The van der Waals surface area contributed by atoms with Crippen molar-refractivity contribution in [1.82, 2.24) is 9.97 Å². The van der Waals surface area contributed by atoms with Crippen molar-refractivity contribution in [3.63, 3.8) is 0 Å². The van der Waals surface area contributed by atoms with Crippen molar-refractivity contribution < 1.29 is 0 Å². The summed E-state index contributed by atoms with van der Waals surface area (Å²) in [5.74, 6) is 1.38. The summed E-state index contributed by atoms with van der Waals surface area (Å²) in [5, 5.41) is 3.30. The van der Waals surface area contributed by atoms with E-state index in [1.165, 1.54) is 5.56 Å². The van der Waals surface area contributed by atoms with E-state index in [1.54, 1.807) is 6.20 Å². The molecule has 4 heteroatoms. The molecule has 0 saturated carbocycles. The Morgan fingerprint density at radius 3 is 2.78 bits per heavy atom. The van der Waals surface area contributed by atoms with E-state index >= 15 is 0 Å². The lowest BCUT2D eigenvalue weighted by Crippen LogP contribution is -2.05. The third kappa shape index (κ3) is 3.20. The maximum Gasteiger partial charge on any atom is 0.148 e. The molecule has 1 aromatic carbocycles. The van der Waals surface area contributed by atoms with Crippen molar-refractivity contribution in [1.29, 1.82) is 0 Å². The van der Waals surface area contributed by atoms with E-state index in [0.717, 1.165) is 29.3 Å². The highest BCUT2D eigenvalue weighted by atomic mass is 35.5. The number of halogens is 1. The van der Waals surface area contributed by atoms with Crippen molar-refractivity contribution in [2.24, 2.45) is 0 Å². The highest BCUT2D eigenvalue weighted by Gasteiger charge is 2.02. The van der Waals surface area contributed by atoms with Crippen molar-refractivity contribution in [2.75, 3.05) is 5.32 Å². The summed E-state index contributed by atoms with van der Waals surface area (Å²) in [4.78, 5) is 8.71. The molecule has 0 aliphatic carbocycles. The van der Waals surface area contributed by atoms with Crippen LogP contribution in [0.2, 0.25) is 0 Å². The minimum Gasteiger partial charge on any atom is -0.364 e. The second-order valence-corrected chi connectivity index (χ2v) is 4.52. The molecule has 94 valence electrons. The first-order valence-electron chi connectivity index (χ1n) is 5.87. The van der Waals surface area contributed by atoms with Crippen LogP contribution in [0.3, 0.4) is 0 Å².